The molecule has 0 atom stereocenters. The van der Waals surface area contributed by atoms with Gasteiger partial charge in [0.05, 0.1) is 5.69 Å². The third kappa shape index (κ3) is 3.92. The Bertz CT molecular complexity index is 1280. The van der Waals surface area contributed by atoms with Crippen LogP contribution in [0.1, 0.15) is 19.4 Å². The van der Waals surface area contributed by atoms with E-state index in [2.05, 4.69) is 20.6 Å². The summed E-state index contributed by atoms with van der Waals surface area (Å²) in [5.41, 5.74) is 3.77. The summed E-state index contributed by atoms with van der Waals surface area (Å²) in [6, 6.07) is 16.9. The molecule has 1 aliphatic heterocycles. The Balaban J connectivity index is 1.27. The molecule has 0 fully saturated rings. The topological polar surface area (TPSA) is 90.6 Å². The van der Waals surface area contributed by atoms with Gasteiger partial charge in [-0.2, -0.15) is 9.61 Å². The molecule has 2 aromatic heterocycles. The van der Waals surface area contributed by atoms with Crippen molar-refractivity contribution in [3.8, 4) is 22.8 Å². The van der Waals surface area contributed by atoms with Crippen LogP contribution in [-0.4, -0.2) is 37.9 Å². The van der Waals surface area contributed by atoms with Crippen molar-refractivity contribution in [1.82, 2.24) is 19.8 Å². The Morgan fingerprint density at radius 3 is 2.97 bits per heavy atom. The van der Waals surface area contributed by atoms with Crippen LogP contribution in [0.4, 0.5) is 5.69 Å². The van der Waals surface area contributed by atoms with Crippen LogP contribution in [-0.2, 0) is 11.2 Å². The van der Waals surface area contributed by atoms with Crippen molar-refractivity contribution in [2.24, 2.45) is 0 Å². The lowest BCUT2D eigenvalue weighted by Crippen LogP contribution is -2.25. The molecular formula is C23H21N5O3. The predicted octanol–water partition coefficient (Wildman–Crippen LogP) is 3.52. The molecule has 1 aliphatic rings. The number of hydrogen-bond acceptors (Lipinski definition) is 6. The molecule has 0 saturated heterocycles. The first-order chi connectivity index (χ1) is 15.0. The normalized spacial score (nSPS) is 14.1. The molecule has 8 nitrogen and oxygen atoms in total. The van der Waals surface area contributed by atoms with E-state index in [1.807, 2.05) is 68.4 Å². The van der Waals surface area contributed by atoms with E-state index in [-0.39, 0.29) is 18.1 Å². The van der Waals surface area contributed by atoms with E-state index in [1.54, 1.807) is 10.8 Å². The number of anilines is 1. The Labute approximate surface area is 178 Å². The molecule has 4 aromatic rings. The fourth-order valence-electron chi connectivity index (χ4n) is 3.68. The highest BCUT2D eigenvalue weighted by atomic mass is 16.5. The third-order valence-corrected chi connectivity index (χ3v) is 5.02. The number of amides is 1. The molecule has 5 rings (SSSR count). The van der Waals surface area contributed by atoms with Crippen molar-refractivity contribution in [2.45, 2.75) is 25.9 Å². The number of carbonyl (C=O) groups is 1. The number of benzene rings is 2. The van der Waals surface area contributed by atoms with E-state index in [4.69, 9.17) is 9.47 Å². The highest BCUT2D eigenvalue weighted by molar-refractivity contribution is 5.92. The summed E-state index contributed by atoms with van der Waals surface area (Å²) in [5.74, 6) is 1.05. The van der Waals surface area contributed by atoms with E-state index < -0.39 is 0 Å². The molecule has 0 radical (unpaired) electrons. The van der Waals surface area contributed by atoms with Gasteiger partial charge in [0.25, 0.3) is 5.91 Å². The molecular weight excluding hydrogens is 394 g/mol. The van der Waals surface area contributed by atoms with Crippen molar-refractivity contribution < 1.29 is 14.3 Å². The largest absolute Gasteiger partial charge is 0.483 e. The Morgan fingerprint density at radius 1 is 1.19 bits per heavy atom. The van der Waals surface area contributed by atoms with Crippen LogP contribution >= 0.6 is 0 Å². The van der Waals surface area contributed by atoms with E-state index in [1.165, 1.54) is 0 Å². The number of ether oxygens (including phenoxy) is 2. The summed E-state index contributed by atoms with van der Waals surface area (Å²) in [6.07, 6.45) is 2.36. The average molecular weight is 415 g/mol. The predicted molar refractivity (Wildman–Crippen MR) is 115 cm³/mol. The van der Waals surface area contributed by atoms with Crippen LogP contribution in [0, 0.1) is 0 Å². The van der Waals surface area contributed by atoms with Crippen molar-refractivity contribution in [3.05, 3.63) is 66.5 Å². The fourth-order valence-corrected chi connectivity index (χ4v) is 3.68. The maximum atomic E-state index is 12.5. The molecule has 1 N–H and O–H groups in total. The van der Waals surface area contributed by atoms with Crippen molar-refractivity contribution in [3.63, 3.8) is 0 Å². The number of fused-ring (bicyclic) bond motifs is 2. The molecule has 0 aliphatic carbocycles. The first-order valence-corrected chi connectivity index (χ1v) is 9.98. The number of rotatable bonds is 5. The van der Waals surface area contributed by atoms with Gasteiger partial charge in [0.15, 0.2) is 23.8 Å². The second-order valence-corrected chi connectivity index (χ2v) is 8.05. The highest BCUT2D eigenvalue weighted by Crippen LogP contribution is 2.41. The van der Waals surface area contributed by atoms with Crippen molar-refractivity contribution in [1.29, 1.82) is 0 Å². The minimum absolute atomic E-state index is 0.116. The van der Waals surface area contributed by atoms with Crippen LogP contribution < -0.4 is 14.8 Å². The second-order valence-electron chi connectivity index (χ2n) is 8.05. The summed E-state index contributed by atoms with van der Waals surface area (Å²) < 4.78 is 13.4. The summed E-state index contributed by atoms with van der Waals surface area (Å²) >= 11 is 0. The molecule has 3 heterocycles. The number of hydrogen-bond donors (Lipinski definition) is 1. The maximum Gasteiger partial charge on any atom is 0.262 e. The average Bonchev–Trinajstić information content (AvgIpc) is 3.34. The molecule has 2 aromatic carbocycles. The monoisotopic (exact) mass is 415 g/mol. The number of aromatic nitrogens is 4. The first kappa shape index (κ1) is 19.0. The molecule has 8 heteroatoms. The summed E-state index contributed by atoms with van der Waals surface area (Å²) in [4.78, 5) is 12.5. The van der Waals surface area contributed by atoms with Crippen LogP contribution in [0.5, 0.6) is 11.5 Å². The zero-order valence-corrected chi connectivity index (χ0v) is 17.2. The zero-order valence-electron chi connectivity index (χ0n) is 17.2. The smallest absolute Gasteiger partial charge is 0.262 e. The van der Waals surface area contributed by atoms with E-state index in [0.29, 0.717) is 17.1 Å². The van der Waals surface area contributed by atoms with E-state index >= 15 is 0 Å². The molecule has 31 heavy (non-hydrogen) atoms. The first-order valence-electron chi connectivity index (χ1n) is 9.98. The molecule has 1 amide bonds. The lowest BCUT2D eigenvalue weighted by atomic mass is 10.0. The van der Waals surface area contributed by atoms with Gasteiger partial charge in [0.2, 0.25) is 0 Å². The number of carbonyl (C=O) groups excluding carboxylic acids is 1. The summed E-state index contributed by atoms with van der Waals surface area (Å²) in [6.45, 7) is 3.95. The van der Waals surface area contributed by atoms with E-state index in [9.17, 15) is 4.79 Å². The minimum atomic E-state index is -0.270. The van der Waals surface area contributed by atoms with Gasteiger partial charge in [0, 0.05) is 23.2 Å². The van der Waals surface area contributed by atoms with Gasteiger partial charge in [-0.3, -0.25) is 4.79 Å². The Kier molecular flexibility index (Phi) is 4.54. The quantitative estimate of drug-likeness (QED) is 0.536. The van der Waals surface area contributed by atoms with Crippen molar-refractivity contribution in [2.75, 3.05) is 11.9 Å². The molecule has 0 unspecified atom stereocenters. The zero-order chi connectivity index (χ0) is 21.4. The minimum Gasteiger partial charge on any atom is -0.483 e. The maximum absolute atomic E-state index is 12.5. The molecule has 0 bridgehead atoms. The summed E-state index contributed by atoms with van der Waals surface area (Å²) in [7, 11) is 0. The Hall–Kier alpha value is -3.94. The van der Waals surface area contributed by atoms with Crippen molar-refractivity contribution >= 4 is 17.2 Å². The van der Waals surface area contributed by atoms with Gasteiger partial charge in [-0.1, -0.05) is 24.3 Å². The van der Waals surface area contributed by atoms with Gasteiger partial charge in [-0.15, -0.1) is 10.2 Å². The molecule has 0 spiro atoms. The lowest BCUT2D eigenvalue weighted by Gasteiger charge is -2.18. The van der Waals surface area contributed by atoms with Gasteiger partial charge in [-0.25, -0.2) is 0 Å². The lowest BCUT2D eigenvalue weighted by molar-refractivity contribution is -0.118. The van der Waals surface area contributed by atoms with Crippen LogP contribution in [0.3, 0.4) is 0 Å². The Morgan fingerprint density at radius 2 is 2.06 bits per heavy atom. The van der Waals surface area contributed by atoms with Crippen LogP contribution in [0.2, 0.25) is 0 Å². The summed E-state index contributed by atoms with van der Waals surface area (Å²) in [5, 5.41) is 15.2. The second kappa shape index (κ2) is 7.39. The van der Waals surface area contributed by atoms with Gasteiger partial charge >= 0.3 is 0 Å². The fraction of sp³-hybridized carbons (Fsp3) is 0.217. The number of nitrogens with zero attached hydrogens (tertiary/aromatic N) is 4. The third-order valence-electron chi connectivity index (χ3n) is 5.02. The highest BCUT2D eigenvalue weighted by Gasteiger charge is 2.32. The molecule has 156 valence electrons. The van der Waals surface area contributed by atoms with Gasteiger partial charge < -0.3 is 14.8 Å². The number of nitrogens with one attached hydrogen (secondary N) is 1. The van der Waals surface area contributed by atoms with Gasteiger partial charge in [0.1, 0.15) is 11.9 Å². The standard InChI is InChI=1S/C23H21N5O3/c1-23(2)12-16-6-4-8-19(22(16)31-23)30-13-21(29)25-17-7-3-5-15(11-17)18-9-10-20-26-24-14-28(20)27-18/h3-11,14H,12-13H2,1-2H3,(H,25,29). The number of para-hydroxylation sites is 1. The van der Waals surface area contributed by atoms with E-state index in [0.717, 1.165) is 29.0 Å². The molecule has 0 saturated carbocycles. The van der Waals surface area contributed by atoms with Crippen LogP contribution in [0.15, 0.2) is 60.9 Å². The SMILES string of the molecule is CC1(C)Cc2cccc(OCC(=O)Nc3cccc(-c4ccc5nncn5n4)c3)c2O1. The van der Waals surface area contributed by atoms with Crippen LogP contribution in [0.25, 0.3) is 16.9 Å². The van der Waals surface area contributed by atoms with Gasteiger partial charge in [-0.05, 0) is 44.2 Å².